The first-order chi connectivity index (χ1) is 6.77. The molecule has 0 saturated heterocycles. The summed E-state index contributed by atoms with van der Waals surface area (Å²) in [5.41, 5.74) is 0.946. The van der Waals surface area contributed by atoms with Crippen molar-refractivity contribution in [1.82, 2.24) is 0 Å². The lowest BCUT2D eigenvalue weighted by molar-refractivity contribution is 1.39. The molecule has 0 saturated carbocycles. The Morgan fingerprint density at radius 1 is 1.43 bits per heavy atom. The Kier molecular flexibility index (Phi) is 4.09. The summed E-state index contributed by atoms with van der Waals surface area (Å²) >= 11 is 3.36. The lowest BCUT2D eigenvalue weighted by atomic mass is 10.2. The second-order valence-electron chi connectivity index (χ2n) is 2.48. The minimum atomic E-state index is 0.635. The molecule has 0 amide bonds. The Labute approximate surface area is 91.9 Å². The fourth-order valence-corrected chi connectivity index (χ4v) is 1.22. The van der Waals surface area contributed by atoms with E-state index >= 15 is 0 Å². The number of aliphatic imine (C=N–C) groups is 2. The van der Waals surface area contributed by atoms with Gasteiger partial charge in [-0.3, -0.25) is 4.99 Å². The summed E-state index contributed by atoms with van der Waals surface area (Å²) in [6, 6.07) is 7.73. The molecule has 1 aromatic carbocycles. The van der Waals surface area contributed by atoms with Gasteiger partial charge in [-0.05, 0) is 12.1 Å². The molecule has 70 valence electrons. The monoisotopic (exact) mass is 248 g/mol. The van der Waals surface area contributed by atoms with E-state index in [1.54, 1.807) is 7.05 Å². The van der Waals surface area contributed by atoms with Crippen LogP contribution in [0.15, 0.2) is 38.7 Å². The Morgan fingerprint density at radius 2 is 2.07 bits per heavy atom. The SMILES string of the molecule is C#C/C=N\C(=N/C)c1ccc(Br)cc1. The van der Waals surface area contributed by atoms with Gasteiger partial charge in [0.15, 0.2) is 5.84 Å². The summed E-state index contributed by atoms with van der Waals surface area (Å²) in [7, 11) is 1.69. The molecule has 0 bridgehead atoms. The number of rotatable bonds is 1. The van der Waals surface area contributed by atoms with Gasteiger partial charge < -0.3 is 0 Å². The van der Waals surface area contributed by atoms with E-state index < -0.39 is 0 Å². The number of hydrogen-bond acceptors (Lipinski definition) is 1. The smallest absolute Gasteiger partial charge is 0.154 e. The van der Waals surface area contributed by atoms with Crippen LogP contribution < -0.4 is 0 Å². The van der Waals surface area contributed by atoms with E-state index in [9.17, 15) is 0 Å². The Hall–Kier alpha value is -1.40. The average Bonchev–Trinajstić information content (AvgIpc) is 2.21. The number of nitrogens with zero attached hydrogens (tertiary/aromatic N) is 2. The molecule has 0 fully saturated rings. The predicted octanol–water partition coefficient (Wildman–Crippen LogP) is 2.53. The van der Waals surface area contributed by atoms with E-state index in [0.717, 1.165) is 10.0 Å². The molecule has 14 heavy (non-hydrogen) atoms. The van der Waals surface area contributed by atoms with Crippen molar-refractivity contribution in [3.63, 3.8) is 0 Å². The molecule has 0 aliphatic heterocycles. The highest BCUT2D eigenvalue weighted by Gasteiger charge is 1.98. The highest BCUT2D eigenvalue weighted by Crippen LogP contribution is 2.11. The van der Waals surface area contributed by atoms with Gasteiger partial charge in [-0.15, -0.1) is 6.42 Å². The molecule has 2 nitrogen and oxygen atoms in total. The number of halogens is 1. The molecular formula is C11H9BrN2. The zero-order valence-electron chi connectivity index (χ0n) is 7.74. The van der Waals surface area contributed by atoms with Gasteiger partial charge in [-0.1, -0.05) is 34.0 Å². The van der Waals surface area contributed by atoms with E-state index in [4.69, 9.17) is 6.42 Å². The Balaban J connectivity index is 2.98. The van der Waals surface area contributed by atoms with Crippen LogP contribution in [0.3, 0.4) is 0 Å². The van der Waals surface area contributed by atoms with Crippen LogP contribution in [0.5, 0.6) is 0 Å². The molecular weight excluding hydrogens is 240 g/mol. The van der Waals surface area contributed by atoms with Crippen molar-refractivity contribution in [1.29, 1.82) is 0 Å². The van der Waals surface area contributed by atoms with Crippen LogP contribution in [0.25, 0.3) is 0 Å². The minimum absolute atomic E-state index is 0.635. The van der Waals surface area contributed by atoms with Crippen molar-refractivity contribution in [2.24, 2.45) is 9.98 Å². The molecule has 0 spiro atoms. The van der Waals surface area contributed by atoms with Gasteiger partial charge >= 0.3 is 0 Å². The van der Waals surface area contributed by atoms with E-state index in [0.29, 0.717) is 5.84 Å². The average molecular weight is 249 g/mol. The summed E-state index contributed by atoms with van der Waals surface area (Å²) in [4.78, 5) is 8.07. The van der Waals surface area contributed by atoms with Gasteiger partial charge in [0.2, 0.25) is 0 Å². The molecule has 0 aliphatic carbocycles. The zero-order chi connectivity index (χ0) is 10.4. The van der Waals surface area contributed by atoms with Gasteiger partial charge in [0, 0.05) is 17.1 Å². The maximum absolute atomic E-state index is 5.07. The number of benzene rings is 1. The van der Waals surface area contributed by atoms with Crippen molar-refractivity contribution >= 4 is 28.0 Å². The van der Waals surface area contributed by atoms with Crippen LogP contribution >= 0.6 is 15.9 Å². The molecule has 0 atom stereocenters. The van der Waals surface area contributed by atoms with Gasteiger partial charge in [-0.2, -0.15) is 0 Å². The number of amidine groups is 1. The zero-order valence-corrected chi connectivity index (χ0v) is 9.32. The van der Waals surface area contributed by atoms with Crippen molar-refractivity contribution < 1.29 is 0 Å². The molecule has 3 heteroatoms. The van der Waals surface area contributed by atoms with E-state index in [-0.39, 0.29) is 0 Å². The van der Waals surface area contributed by atoms with E-state index in [1.807, 2.05) is 24.3 Å². The minimum Gasteiger partial charge on any atom is -0.270 e. The number of terminal acetylenes is 1. The summed E-state index contributed by atoms with van der Waals surface area (Å²) in [5, 5.41) is 0. The first-order valence-corrected chi connectivity index (χ1v) is 4.78. The fourth-order valence-electron chi connectivity index (χ4n) is 0.959. The lowest BCUT2D eigenvalue weighted by Gasteiger charge is -1.98. The Bertz CT molecular complexity index is 396. The maximum Gasteiger partial charge on any atom is 0.154 e. The third-order valence-corrected chi connectivity index (χ3v) is 2.10. The second-order valence-corrected chi connectivity index (χ2v) is 3.39. The van der Waals surface area contributed by atoms with Gasteiger partial charge in [0.25, 0.3) is 0 Å². The summed E-state index contributed by atoms with van der Waals surface area (Å²) < 4.78 is 1.03. The third kappa shape index (κ3) is 2.82. The largest absolute Gasteiger partial charge is 0.270 e. The quantitative estimate of drug-likeness (QED) is 0.415. The van der Waals surface area contributed by atoms with Crippen LogP contribution in [0.2, 0.25) is 0 Å². The standard InChI is InChI=1S/C11H9BrN2/c1-3-8-14-11(13-2)9-4-6-10(12)7-5-9/h1,4-8H,2H3/b13-11-,14-8-. The van der Waals surface area contributed by atoms with Gasteiger partial charge in [-0.25, -0.2) is 4.99 Å². The van der Waals surface area contributed by atoms with Crippen molar-refractivity contribution in [3.05, 3.63) is 34.3 Å². The summed E-state index contributed by atoms with van der Waals surface area (Å²) in [6.07, 6.45) is 6.47. The predicted molar refractivity (Wildman–Crippen MR) is 63.9 cm³/mol. The highest BCUT2D eigenvalue weighted by atomic mass is 79.9. The molecule has 0 aromatic heterocycles. The van der Waals surface area contributed by atoms with Gasteiger partial charge in [0.1, 0.15) is 0 Å². The van der Waals surface area contributed by atoms with E-state index in [2.05, 4.69) is 31.8 Å². The normalized spacial score (nSPS) is 11.6. The van der Waals surface area contributed by atoms with Gasteiger partial charge in [0.05, 0.1) is 6.21 Å². The third-order valence-electron chi connectivity index (χ3n) is 1.58. The highest BCUT2D eigenvalue weighted by molar-refractivity contribution is 9.10. The summed E-state index contributed by atoms with van der Waals surface area (Å²) in [5.74, 6) is 2.97. The van der Waals surface area contributed by atoms with Crippen molar-refractivity contribution in [2.75, 3.05) is 7.05 Å². The first kappa shape index (κ1) is 10.7. The summed E-state index contributed by atoms with van der Waals surface area (Å²) in [6.45, 7) is 0. The molecule has 0 heterocycles. The van der Waals surface area contributed by atoms with Crippen molar-refractivity contribution in [3.8, 4) is 12.3 Å². The molecule has 0 N–H and O–H groups in total. The molecule has 0 unspecified atom stereocenters. The Morgan fingerprint density at radius 3 is 2.57 bits per heavy atom. The lowest BCUT2D eigenvalue weighted by Crippen LogP contribution is -1.96. The van der Waals surface area contributed by atoms with Crippen molar-refractivity contribution in [2.45, 2.75) is 0 Å². The molecule has 1 aromatic rings. The van der Waals surface area contributed by atoms with Crippen LogP contribution in [0, 0.1) is 12.3 Å². The van der Waals surface area contributed by atoms with Crippen LogP contribution in [-0.2, 0) is 0 Å². The maximum atomic E-state index is 5.07. The molecule has 1 rings (SSSR count). The first-order valence-electron chi connectivity index (χ1n) is 3.99. The van der Waals surface area contributed by atoms with Crippen LogP contribution in [-0.4, -0.2) is 19.1 Å². The van der Waals surface area contributed by atoms with E-state index in [1.165, 1.54) is 6.21 Å². The molecule has 0 radical (unpaired) electrons. The second kappa shape index (κ2) is 5.36. The number of hydrogen-bond donors (Lipinski definition) is 0. The van der Waals surface area contributed by atoms with Crippen LogP contribution in [0.1, 0.15) is 5.56 Å². The molecule has 0 aliphatic rings. The fraction of sp³-hybridized carbons (Fsp3) is 0.0909. The topological polar surface area (TPSA) is 24.7 Å². The van der Waals surface area contributed by atoms with Crippen LogP contribution in [0.4, 0.5) is 0 Å².